The SMILES string of the molecule is CC(=O)NS(=O)(=O)c1ccc(NC(=O)CCSc2nnc(-c3ccco3)c(-c3ccco3)n2)cc1. The molecule has 0 saturated carbocycles. The van der Waals surface area contributed by atoms with Gasteiger partial charge in [-0.15, -0.1) is 10.2 Å². The molecule has 4 aromatic rings. The molecule has 0 unspecified atom stereocenters. The largest absolute Gasteiger partial charge is 0.463 e. The van der Waals surface area contributed by atoms with Gasteiger partial charge < -0.3 is 14.2 Å². The average Bonchev–Trinajstić information content (AvgIpc) is 3.53. The lowest BCUT2D eigenvalue weighted by Gasteiger charge is -2.08. The number of carbonyl (C=O) groups excluding carboxylic acids is 2. The predicted molar refractivity (Wildman–Crippen MR) is 127 cm³/mol. The summed E-state index contributed by atoms with van der Waals surface area (Å²) in [4.78, 5) is 27.8. The highest BCUT2D eigenvalue weighted by molar-refractivity contribution is 7.99. The van der Waals surface area contributed by atoms with E-state index in [9.17, 15) is 18.0 Å². The smallest absolute Gasteiger partial charge is 0.264 e. The van der Waals surface area contributed by atoms with Crippen LogP contribution in [0, 0.1) is 0 Å². The number of carbonyl (C=O) groups is 2. The molecule has 0 saturated heterocycles. The molecule has 0 radical (unpaired) electrons. The minimum absolute atomic E-state index is 0.0868. The number of rotatable bonds is 9. The molecule has 0 atom stereocenters. The molecule has 0 aliphatic heterocycles. The first kappa shape index (κ1) is 24.2. The van der Waals surface area contributed by atoms with E-state index in [4.69, 9.17) is 8.83 Å². The van der Waals surface area contributed by atoms with Gasteiger partial charge in [-0.05, 0) is 48.5 Å². The van der Waals surface area contributed by atoms with Gasteiger partial charge in [-0.25, -0.2) is 18.1 Å². The Hall–Kier alpha value is -3.97. The van der Waals surface area contributed by atoms with Crippen molar-refractivity contribution in [3.05, 3.63) is 61.1 Å². The minimum Gasteiger partial charge on any atom is -0.463 e. The number of hydrogen-bond donors (Lipinski definition) is 2. The van der Waals surface area contributed by atoms with E-state index in [1.54, 1.807) is 24.3 Å². The highest BCUT2D eigenvalue weighted by atomic mass is 32.2. The van der Waals surface area contributed by atoms with Crippen LogP contribution < -0.4 is 10.0 Å². The third kappa shape index (κ3) is 6.13. The molecule has 0 fully saturated rings. The molecule has 4 rings (SSSR count). The Kier molecular flexibility index (Phi) is 7.27. The van der Waals surface area contributed by atoms with Crippen LogP contribution in [-0.2, 0) is 19.6 Å². The third-order valence-electron chi connectivity index (χ3n) is 4.46. The van der Waals surface area contributed by atoms with Gasteiger partial charge in [0.1, 0.15) is 5.69 Å². The Labute approximate surface area is 204 Å². The summed E-state index contributed by atoms with van der Waals surface area (Å²) in [5.41, 5.74) is 1.33. The number of benzene rings is 1. The number of nitrogens with zero attached hydrogens (tertiary/aromatic N) is 3. The highest BCUT2D eigenvalue weighted by Gasteiger charge is 2.18. The van der Waals surface area contributed by atoms with Crippen LogP contribution in [0.3, 0.4) is 0 Å². The molecule has 1 aromatic carbocycles. The number of sulfonamides is 1. The summed E-state index contributed by atoms with van der Waals surface area (Å²) < 4.78 is 36.7. The monoisotopic (exact) mass is 513 g/mol. The van der Waals surface area contributed by atoms with Crippen molar-refractivity contribution >= 4 is 39.3 Å². The second-order valence-corrected chi connectivity index (χ2v) is 9.82. The van der Waals surface area contributed by atoms with Gasteiger partial charge in [-0.3, -0.25) is 9.59 Å². The standard InChI is InChI=1S/C22H19N5O6S2/c1-14(28)27-35(30,31)16-8-6-15(7-9-16)23-19(29)10-13-34-22-24-20(17-4-2-11-32-17)21(25-26-22)18-5-3-12-33-18/h2-9,11-12H,10,13H2,1H3,(H,23,29)(H,27,28). The van der Waals surface area contributed by atoms with Crippen LogP contribution in [0.5, 0.6) is 0 Å². The lowest BCUT2D eigenvalue weighted by molar-refractivity contribution is -0.117. The van der Waals surface area contributed by atoms with Crippen molar-refractivity contribution in [1.82, 2.24) is 19.9 Å². The first-order valence-corrected chi connectivity index (χ1v) is 12.7. The molecule has 0 spiro atoms. The fourth-order valence-corrected chi connectivity index (χ4v) is 4.68. The summed E-state index contributed by atoms with van der Waals surface area (Å²) in [5, 5.41) is 11.4. The second kappa shape index (κ2) is 10.5. The third-order valence-corrected chi connectivity index (χ3v) is 6.75. The van der Waals surface area contributed by atoms with Crippen LogP contribution in [0.2, 0.25) is 0 Å². The molecule has 3 heterocycles. The average molecular weight is 514 g/mol. The molecule has 35 heavy (non-hydrogen) atoms. The second-order valence-electron chi connectivity index (χ2n) is 7.08. The topological polar surface area (TPSA) is 157 Å². The molecule has 3 aromatic heterocycles. The van der Waals surface area contributed by atoms with E-state index in [1.807, 2.05) is 4.72 Å². The number of furan rings is 2. The van der Waals surface area contributed by atoms with Gasteiger partial charge in [0.05, 0.1) is 17.4 Å². The van der Waals surface area contributed by atoms with Gasteiger partial charge in [0, 0.05) is 24.8 Å². The molecule has 0 aliphatic rings. The maximum absolute atomic E-state index is 12.3. The van der Waals surface area contributed by atoms with E-state index in [0.717, 1.165) is 6.92 Å². The van der Waals surface area contributed by atoms with Crippen LogP contribution in [-0.4, -0.2) is 41.2 Å². The lowest BCUT2D eigenvalue weighted by atomic mass is 10.2. The van der Waals surface area contributed by atoms with Gasteiger partial charge in [-0.2, -0.15) is 0 Å². The number of nitrogens with one attached hydrogen (secondary N) is 2. The van der Waals surface area contributed by atoms with Crippen molar-refractivity contribution < 1.29 is 26.8 Å². The van der Waals surface area contributed by atoms with Crippen molar-refractivity contribution in [2.75, 3.05) is 11.1 Å². The molecular weight excluding hydrogens is 494 g/mol. The van der Waals surface area contributed by atoms with Crippen molar-refractivity contribution in [1.29, 1.82) is 0 Å². The normalized spacial score (nSPS) is 11.2. The zero-order valence-electron chi connectivity index (χ0n) is 18.3. The maximum Gasteiger partial charge on any atom is 0.264 e. The Balaban J connectivity index is 1.36. The van der Waals surface area contributed by atoms with Crippen molar-refractivity contribution in [3.8, 4) is 22.9 Å². The molecule has 2 amide bonds. The van der Waals surface area contributed by atoms with Crippen LogP contribution >= 0.6 is 11.8 Å². The zero-order valence-corrected chi connectivity index (χ0v) is 19.9. The maximum atomic E-state index is 12.3. The van der Waals surface area contributed by atoms with Gasteiger partial charge in [0.25, 0.3) is 10.0 Å². The highest BCUT2D eigenvalue weighted by Crippen LogP contribution is 2.30. The van der Waals surface area contributed by atoms with Gasteiger partial charge >= 0.3 is 0 Å². The number of amides is 2. The van der Waals surface area contributed by atoms with Gasteiger partial charge in [0.15, 0.2) is 17.2 Å². The van der Waals surface area contributed by atoms with Gasteiger partial charge in [-0.1, -0.05) is 11.8 Å². The Bertz CT molecular complexity index is 1420. The summed E-state index contributed by atoms with van der Waals surface area (Å²) in [6.07, 6.45) is 3.21. The summed E-state index contributed by atoms with van der Waals surface area (Å²) in [7, 11) is -3.94. The van der Waals surface area contributed by atoms with E-state index in [2.05, 4.69) is 20.5 Å². The molecule has 0 aliphatic carbocycles. The van der Waals surface area contributed by atoms with Crippen molar-refractivity contribution in [2.24, 2.45) is 0 Å². The predicted octanol–water partition coefficient (Wildman–Crippen LogP) is 3.34. The molecule has 13 heteroatoms. The van der Waals surface area contributed by atoms with E-state index in [1.165, 1.54) is 48.6 Å². The Morgan fingerprint density at radius 1 is 0.943 bits per heavy atom. The quantitative estimate of drug-likeness (QED) is 0.318. The fourth-order valence-electron chi connectivity index (χ4n) is 2.96. The summed E-state index contributed by atoms with van der Waals surface area (Å²) in [6, 6.07) is 12.5. The number of anilines is 1. The summed E-state index contributed by atoms with van der Waals surface area (Å²) in [6.45, 7) is 1.11. The van der Waals surface area contributed by atoms with Gasteiger partial charge in [0.2, 0.25) is 17.0 Å². The first-order chi connectivity index (χ1) is 16.8. The molecule has 180 valence electrons. The van der Waals surface area contributed by atoms with E-state index in [0.29, 0.717) is 39.5 Å². The fraction of sp³-hybridized carbons (Fsp3) is 0.136. The van der Waals surface area contributed by atoms with Crippen LogP contribution in [0.15, 0.2) is 79.9 Å². The molecule has 0 bridgehead atoms. The summed E-state index contributed by atoms with van der Waals surface area (Å²) >= 11 is 1.25. The molecular formula is C22H19N5O6S2. The number of thioether (sulfide) groups is 1. The Morgan fingerprint density at radius 2 is 1.60 bits per heavy atom. The van der Waals surface area contributed by atoms with E-state index >= 15 is 0 Å². The Morgan fingerprint density at radius 3 is 2.20 bits per heavy atom. The van der Waals surface area contributed by atoms with E-state index in [-0.39, 0.29) is 17.2 Å². The molecule has 11 nitrogen and oxygen atoms in total. The van der Waals surface area contributed by atoms with E-state index < -0.39 is 15.9 Å². The van der Waals surface area contributed by atoms with Crippen molar-refractivity contribution in [2.45, 2.75) is 23.4 Å². The van der Waals surface area contributed by atoms with Crippen LogP contribution in [0.4, 0.5) is 5.69 Å². The van der Waals surface area contributed by atoms with Crippen LogP contribution in [0.1, 0.15) is 13.3 Å². The van der Waals surface area contributed by atoms with Crippen LogP contribution in [0.25, 0.3) is 22.9 Å². The number of aromatic nitrogens is 3. The zero-order chi connectivity index (χ0) is 24.8. The lowest BCUT2D eigenvalue weighted by Crippen LogP contribution is -2.28. The first-order valence-electron chi connectivity index (χ1n) is 10.2. The minimum atomic E-state index is -3.94. The molecule has 2 N–H and O–H groups in total. The van der Waals surface area contributed by atoms with Crippen molar-refractivity contribution in [3.63, 3.8) is 0 Å². The summed E-state index contributed by atoms with van der Waals surface area (Å²) in [5.74, 6) is 0.422. The number of hydrogen-bond acceptors (Lipinski definition) is 10.